The Labute approximate surface area is 184 Å². The normalized spacial score (nSPS) is 23.6. The smallest absolute Gasteiger partial charge is 0.260 e. The van der Waals surface area contributed by atoms with Crippen molar-refractivity contribution in [3.63, 3.8) is 0 Å². The third-order valence-electron chi connectivity index (χ3n) is 6.49. The third kappa shape index (κ3) is 4.73. The van der Waals surface area contributed by atoms with Crippen LogP contribution in [0, 0.1) is 0 Å². The summed E-state index contributed by atoms with van der Waals surface area (Å²) in [6.45, 7) is 4.96. The fourth-order valence-corrected chi connectivity index (χ4v) is 4.88. The van der Waals surface area contributed by atoms with Crippen LogP contribution in [0.15, 0.2) is 48.7 Å². The molecule has 6 nitrogen and oxygen atoms in total. The van der Waals surface area contributed by atoms with E-state index in [1.54, 1.807) is 30.5 Å². The van der Waals surface area contributed by atoms with Gasteiger partial charge in [-0.25, -0.2) is 0 Å². The number of piperidine rings is 1. The quantitative estimate of drug-likeness (QED) is 0.725. The summed E-state index contributed by atoms with van der Waals surface area (Å²) < 4.78 is 5.74. The zero-order valence-electron chi connectivity index (χ0n) is 18.4. The Balaban J connectivity index is 1.37. The number of ether oxygens (including phenoxy) is 1. The first-order valence-corrected chi connectivity index (χ1v) is 11.3. The third-order valence-corrected chi connectivity index (χ3v) is 6.49. The first-order chi connectivity index (χ1) is 15.0. The maximum atomic E-state index is 13.1. The number of amides is 2. The van der Waals surface area contributed by atoms with Crippen LogP contribution in [-0.4, -0.2) is 51.8 Å². The van der Waals surface area contributed by atoms with Crippen molar-refractivity contribution in [3.05, 3.63) is 59.9 Å². The number of likely N-dealkylation sites (tertiary alicyclic amines) is 2. The lowest BCUT2D eigenvalue weighted by atomic mass is 9.97. The number of carbonyl (C=O) groups excluding carboxylic acids is 2. The Morgan fingerprint density at radius 1 is 1.00 bits per heavy atom. The first kappa shape index (κ1) is 21.3. The molecule has 0 saturated carbocycles. The van der Waals surface area contributed by atoms with Gasteiger partial charge < -0.3 is 14.5 Å². The summed E-state index contributed by atoms with van der Waals surface area (Å²) in [5, 5.41) is 0. The molecule has 2 amide bonds. The minimum atomic E-state index is 0.00625. The SMILES string of the molecule is CC1CCCC(C)N1C(=O)COc1ccc(C(=O)N2CCCC2c2ccccn2)cc1. The predicted molar refractivity (Wildman–Crippen MR) is 119 cm³/mol. The van der Waals surface area contributed by atoms with Crippen molar-refractivity contribution in [2.75, 3.05) is 13.2 Å². The molecule has 2 aliphatic heterocycles. The number of nitrogens with zero attached hydrogens (tertiary/aromatic N) is 3. The lowest BCUT2D eigenvalue weighted by molar-refractivity contribution is -0.139. The molecule has 31 heavy (non-hydrogen) atoms. The van der Waals surface area contributed by atoms with E-state index in [0.717, 1.165) is 37.9 Å². The van der Waals surface area contributed by atoms with Crippen LogP contribution in [-0.2, 0) is 4.79 Å². The van der Waals surface area contributed by atoms with Crippen LogP contribution in [0.25, 0.3) is 0 Å². The molecule has 0 aliphatic carbocycles. The van der Waals surface area contributed by atoms with Gasteiger partial charge in [0, 0.05) is 30.4 Å². The van der Waals surface area contributed by atoms with Crippen LogP contribution < -0.4 is 4.74 Å². The molecule has 2 saturated heterocycles. The molecular weight excluding hydrogens is 390 g/mol. The number of hydrogen-bond donors (Lipinski definition) is 0. The fourth-order valence-electron chi connectivity index (χ4n) is 4.88. The molecule has 3 heterocycles. The Morgan fingerprint density at radius 2 is 1.74 bits per heavy atom. The highest BCUT2D eigenvalue weighted by Crippen LogP contribution is 2.32. The van der Waals surface area contributed by atoms with E-state index in [0.29, 0.717) is 11.3 Å². The zero-order chi connectivity index (χ0) is 21.8. The molecule has 164 valence electrons. The molecule has 1 aromatic heterocycles. The summed E-state index contributed by atoms with van der Waals surface area (Å²) >= 11 is 0. The molecule has 2 fully saturated rings. The molecule has 3 atom stereocenters. The van der Waals surface area contributed by atoms with Crippen molar-refractivity contribution in [2.45, 2.75) is 64.1 Å². The van der Waals surface area contributed by atoms with Crippen LogP contribution in [0.2, 0.25) is 0 Å². The molecule has 0 N–H and O–H groups in total. The second-order valence-corrected chi connectivity index (χ2v) is 8.65. The number of rotatable bonds is 5. The lowest BCUT2D eigenvalue weighted by Crippen LogP contribution is -2.49. The monoisotopic (exact) mass is 421 g/mol. The van der Waals surface area contributed by atoms with Crippen molar-refractivity contribution >= 4 is 11.8 Å². The van der Waals surface area contributed by atoms with Crippen molar-refractivity contribution in [1.82, 2.24) is 14.8 Å². The minimum absolute atomic E-state index is 0.00625. The van der Waals surface area contributed by atoms with Gasteiger partial charge in [-0.1, -0.05) is 6.07 Å². The number of carbonyl (C=O) groups is 2. The van der Waals surface area contributed by atoms with Gasteiger partial charge in [-0.15, -0.1) is 0 Å². The van der Waals surface area contributed by atoms with E-state index in [1.807, 2.05) is 28.0 Å². The fraction of sp³-hybridized carbons (Fsp3) is 0.480. The van der Waals surface area contributed by atoms with E-state index in [9.17, 15) is 9.59 Å². The van der Waals surface area contributed by atoms with Crippen LogP contribution in [0.5, 0.6) is 5.75 Å². The Hall–Kier alpha value is -2.89. The molecule has 0 radical (unpaired) electrons. The average Bonchev–Trinajstić information content (AvgIpc) is 3.28. The van der Waals surface area contributed by atoms with Gasteiger partial charge in [-0.3, -0.25) is 14.6 Å². The van der Waals surface area contributed by atoms with Crippen LogP contribution >= 0.6 is 0 Å². The maximum Gasteiger partial charge on any atom is 0.260 e. The molecule has 2 aromatic rings. The van der Waals surface area contributed by atoms with Crippen LogP contribution in [0.3, 0.4) is 0 Å². The number of hydrogen-bond acceptors (Lipinski definition) is 4. The van der Waals surface area contributed by atoms with Gasteiger partial charge in [-0.05, 0) is 82.3 Å². The topological polar surface area (TPSA) is 62.7 Å². The summed E-state index contributed by atoms with van der Waals surface area (Å²) in [7, 11) is 0. The molecule has 3 unspecified atom stereocenters. The summed E-state index contributed by atoms with van der Waals surface area (Å²) in [5.74, 6) is 0.631. The minimum Gasteiger partial charge on any atom is -0.484 e. The van der Waals surface area contributed by atoms with Gasteiger partial charge in [0.15, 0.2) is 6.61 Å². The molecule has 0 bridgehead atoms. The van der Waals surface area contributed by atoms with Gasteiger partial charge in [0.1, 0.15) is 5.75 Å². The molecule has 0 spiro atoms. The number of benzene rings is 1. The van der Waals surface area contributed by atoms with E-state index >= 15 is 0 Å². The van der Waals surface area contributed by atoms with E-state index in [-0.39, 0.29) is 36.5 Å². The Bertz CT molecular complexity index is 890. The largest absolute Gasteiger partial charge is 0.484 e. The first-order valence-electron chi connectivity index (χ1n) is 11.3. The molecule has 4 rings (SSSR count). The molecule has 1 aromatic carbocycles. The van der Waals surface area contributed by atoms with Crippen molar-refractivity contribution in [3.8, 4) is 5.75 Å². The summed E-state index contributed by atoms with van der Waals surface area (Å²) in [4.78, 5) is 34.0. The lowest BCUT2D eigenvalue weighted by Gasteiger charge is -2.38. The van der Waals surface area contributed by atoms with Gasteiger partial charge in [0.25, 0.3) is 11.8 Å². The van der Waals surface area contributed by atoms with Gasteiger partial charge in [0.05, 0.1) is 11.7 Å². The van der Waals surface area contributed by atoms with Crippen molar-refractivity contribution in [1.29, 1.82) is 0 Å². The van der Waals surface area contributed by atoms with Gasteiger partial charge >= 0.3 is 0 Å². The summed E-state index contributed by atoms with van der Waals surface area (Å²) in [6, 6.07) is 13.5. The van der Waals surface area contributed by atoms with Gasteiger partial charge in [0.2, 0.25) is 0 Å². The van der Waals surface area contributed by atoms with E-state index in [1.165, 1.54) is 6.42 Å². The van der Waals surface area contributed by atoms with Crippen molar-refractivity contribution in [2.24, 2.45) is 0 Å². The second-order valence-electron chi connectivity index (χ2n) is 8.65. The zero-order valence-corrected chi connectivity index (χ0v) is 18.4. The van der Waals surface area contributed by atoms with Crippen molar-refractivity contribution < 1.29 is 14.3 Å². The standard InChI is InChI=1S/C25H31N3O3/c1-18-7-5-8-19(2)28(18)24(29)17-31-21-13-11-20(12-14-21)25(30)27-16-6-10-23(27)22-9-3-4-15-26-22/h3-4,9,11-15,18-19,23H,5-8,10,16-17H2,1-2H3. The highest BCUT2D eigenvalue weighted by atomic mass is 16.5. The summed E-state index contributed by atoms with van der Waals surface area (Å²) in [5.41, 5.74) is 1.56. The molecule has 6 heteroatoms. The highest BCUT2D eigenvalue weighted by Gasteiger charge is 2.31. The Kier molecular flexibility index (Phi) is 6.54. The maximum absolute atomic E-state index is 13.1. The van der Waals surface area contributed by atoms with E-state index in [2.05, 4.69) is 18.8 Å². The Morgan fingerprint density at radius 3 is 2.42 bits per heavy atom. The highest BCUT2D eigenvalue weighted by molar-refractivity contribution is 5.94. The number of pyridine rings is 1. The van der Waals surface area contributed by atoms with E-state index in [4.69, 9.17) is 4.74 Å². The predicted octanol–water partition coefficient (Wildman–Crippen LogP) is 4.23. The van der Waals surface area contributed by atoms with E-state index < -0.39 is 0 Å². The summed E-state index contributed by atoms with van der Waals surface area (Å²) in [6.07, 6.45) is 6.94. The van der Waals surface area contributed by atoms with Gasteiger partial charge in [-0.2, -0.15) is 0 Å². The average molecular weight is 422 g/mol. The molecular formula is C25H31N3O3. The molecule has 2 aliphatic rings. The van der Waals surface area contributed by atoms with Crippen LogP contribution in [0.1, 0.15) is 68.0 Å². The number of aromatic nitrogens is 1. The second kappa shape index (κ2) is 9.50. The van der Waals surface area contributed by atoms with Crippen LogP contribution in [0.4, 0.5) is 0 Å².